The minimum atomic E-state index is -4.71. The number of halogens is 3. The number of nitrogens with one attached hydrogen (secondary N) is 2. The Hall–Kier alpha value is -2.71. The van der Waals surface area contributed by atoms with Gasteiger partial charge in [0.1, 0.15) is 17.8 Å². The molecule has 0 unspecified atom stereocenters. The second kappa shape index (κ2) is 5.73. The van der Waals surface area contributed by atoms with Crippen molar-refractivity contribution in [1.29, 1.82) is 0 Å². The summed E-state index contributed by atoms with van der Waals surface area (Å²) in [5.41, 5.74) is 6.64. The van der Waals surface area contributed by atoms with Gasteiger partial charge in [0, 0.05) is 12.7 Å². The lowest BCUT2D eigenvalue weighted by Crippen LogP contribution is -2.17. The van der Waals surface area contributed by atoms with E-state index in [0.29, 0.717) is 23.0 Å². The number of nitrogens with zero attached hydrogens (tertiary/aromatic N) is 2. The SMILES string of the molecule is CNc1ncnc(Nc2ccc(OC(F)(F)F)cc2)c1N. The molecule has 6 nitrogen and oxygen atoms in total. The zero-order chi connectivity index (χ0) is 15.5. The summed E-state index contributed by atoms with van der Waals surface area (Å²) < 4.78 is 39.9. The molecular weight excluding hydrogens is 287 g/mol. The van der Waals surface area contributed by atoms with Crippen LogP contribution in [0.3, 0.4) is 0 Å². The highest BCUT2D eigenvalue weighted by atomic mass is 19.4. The number of ether oxygens (including phenoxy) is 1. The summed E-state index contributed by atoms with van der Waals surface area (Å²) in [6.07, 6.45) is -3.40. The molecule has 2 rings (SSSR count). The summed E-state index contributed by atoms with van der Waals surface area (Å²) in [7, 11) is 1.66. The van der Waals surface area contributed by atoms with Crippen molar-refractivity contribution in [2.24, 2.45) is 0 Å². The largest absolute Gasteiger partial charge is 0.573 e. The van der Waals surface area contributed by atoms with E-state index in [2.05, 4.69) is 25.3 Å². The highest BCUT2D eigenvalue weighted by Crippen LogP contribution is 2.28. The standard InChI is InChI=1S/C12H12F3N5O/c1-17-10-9(16)11(19-6-18-10)20-7-2-4-8(5-3-7)21-12(13,14)15/h2-6H,16H2,1H3,(H2,17,18,19,20). The Bertz CT molecular complexity index is 615. The Balaban J connectivity index is 2.14. The van der Waals surface area contributed by atoms with E-state index in [4.69, 9.17) is 5.73 Å². The van der Waals surface area contributed by atoms with Gasteiger partial charge in [-0.05, 0) is 24.3 Å². The van der Waals surface area contributed by atoms with Crippen LogP contribution in [0.15, 0.2) is 30.6 Å². The Labute approximate surface area is 118 Å². The molecule has 9 heteroatoms. The molecule has 0 radical (unpaired) electrons. The summed E-state index contributed by atoms with van der Waals surface area (Å²) >= 11 is 0. The predicted molar refractivity (Wildman–Crippen MR) is 72.4 cm³/mol. The van der Waals surface area contributed by atoms with Gasteiger partial charge in [-0.2, -0.15) is 0 Å². The number of benzene rings is 1. The van der Waals surface area contributed by atoms with Gasteiger partial charge < -0.3 is 21.1 Å². The lowest BCUT2D eigenvalue weighted by molar-refractivity contribution is -0.274. The van der Waals surface area contributed by atoms with E-state index >= 15 is 0 Å². The molecule has 2 aromatic rings. The first kappa shape index (κ1) is 14.7. The van der Waals surface area contributed by atoms with Gasteiger partial charge >= 0.3 is 6.36 Å². The molecule has 0 aliphatic carbocycles. The molecule has 0 saturated heterocycles. The molecule has 0 spiro atoms. The summed E-state index contributed by atoms with van der Waals surface area (Å²) in [5, 5.41) is 5.68. The molecule has 0 saturated carbocycles. The van der Waals surface area contributed by atoms with Crippen molar-refractivity contribution in [3.63, 3.8) is 0 Å². The van der Waals surface area contributed by atoms with Crippen LogP contribution >= 0.6 is 0 Å². The van der Waals surface area contributed by atoms with Crippen LogP contribution in [0.2, 0.25) is 0 Å². The third-order valence-corrected chi connectivity index (χ3v) is 2.47. The van der Waals surface area contributed by atoms with E-state index in [1.807, 2.05) is 0 Å². The lowest BCUT2D eigenvalue weighted by atomic mass is 10.3. The number of hydrogen-bond donors (Lipinski definition) is 3. The van der Waals surface area contributed by atoms with E-state index in [-0.39, 0.29) is 5.75 Å². The third-order valence-electron chi connectivity index (χ3n) is 2.47. The number of nitrogens with two attached hydrogens (primary N) is 1. The molecule has 1 heterocycles. The Morgan fingerprint density at radius 3 is 2.29 bits per heavy atom. The van der Waals surface area contributed by atoms with Gasteiger partial charge in [-0.15, -0.1) is 13.2 Å². The van der Waals surface area contributed by atoms with E-state index < -0.39 is 6.36 Å². The van der Waals surface area contributed by atoms with Gasteiger partial charge in [-0.1, -0.05) is 0 Å². The first-order chi connectivity index (χ1) is 9.89. The van der Waals surface area contributed by atoms with Gasteiger partial charge in [0.05, 0.1) is 0 Å². The smallest absolute Gasteiger partial charge is 0.406 e. The van der Waals surface area contributed by atoms with Crippen molar-refractivity contribution in [2.45, 2.75) is 6.36 Å². The van der Waals surface area contributed by atoms with Gasteiger partial charge in [0.2, 0.25) is 0 Å². The summed E-state index contributed by atoms with van der Waals surface area (Å²) in [4.78, 5) is 7.89. The van der Waals surface area contributed by atoms with Crippen molar-refractivity contribution in [2.75, 3.05) is 23.4 Å². The maximum Gasteiger partial charge on any atom is 0.573 e. The van der Waals surface area contributed by atoms with Gasteiger partial charge in [-0.25, -0.2) is 9.97 Å². The van der Waals surface area contributed by atoms with Crippen LogP contribution in [-0.4, -0.2) is 23.4 Å². The van der Waals surface area contributed by atoms with Gasteiger partial charge in [0.15, 0.2) is 11.6 Å². The zero-order valence-corrected chi connectivity index (χ0v) is 10.9. The van der Waals surface area contributed by atoms with Gasteiger partial charge in [0.25, 0.3) is 0 Å². The second-order valence-corrected chi connectivity index (χ2v) is 3.93. The normalized spacial score (nSPS) is 11.0. The molecule has 112 valence electrons. The Kier molecular flexibility index (Phi) is 4.01. The van der Waals surface area contributed by atoms with Crippen LogP contribution in [0, 0.1) is 0 Å². The first-order valence-corrected chi connectivity index (χ1v) is 5.80. The monoisotopic (exact) mass is 299 g/mol. The van der Waals surface area contributed by atoms with Crippen molar-refractivity contribution in [3.8, 4) is 5.75 Å². The molecule has 0 bridgehead atoms. The topological polar surface area (TPSA) is 85.1 Å². The van der Waals surface area contributed by atoms with Crippen molar-refractivity contribution in [1.82, 2.24) is 9.97 Å². The molecule has 1 aromatic carbocycles. The van der Waals surface area contributed by atoms with Gasteiger partial charge in [-0.3, -0.25) is 0 Å². The summed E-state index contributed by atoms with van der Waals surface area (Å²) in [6.45, 7) is 0. The fraction of sp³-hybridized carbons (Fsp3) is 0.167. The lowest BCUT2D eigenvalue weighted by Gasteiger charge is -2.12. The molecule has 0 atom stereocenters. The van der Waals surface area contributed by atoms with Crippen LogP contribution in [0.5, 0.6) is 5.75 Å². The minimum absolute atomic E-state index is 0.301. The van der Waals surface area contributed by atoms with E-state index in [0.717, 1.165) is 0 Å². The quantitative estimate of drug-likeness (QED) is 0.805. The fourth-order valence-electron chi connectivity index (χ4n) is 1.57. The summed E-state index contributed by atoms with van der Waals surface area (Å²) in [6, 6.07) is 5.21. The maximum atomic E-state index is 12.0. The fourth-order valence-corrected chi connectivity index (χ4v) is 1.57. The van der Waals surface area contributed by atoms with Crippen molar-refractivity contribution in [3.05, 3.63) is 30.6 Å². The van der Waals surface area contributed by atoms with Crippen LogP contribution in [-0.2, 0) is 0 Å². The molecule has 1 aromatic heterocycles. The summed E-state index contributed by atoms with van der Waals surface area (Å²) in [5.74, 6) is 0.489. The highest BCUT2D eigenvalue weighted by molar-refractivity contribution is 5.77. The van der Waals surface area contributed by atoms with Crippen LogP contribution in [0.4, 0.5) is 36.2 Å². The number of anilines is 4. The van der Waals surface area contributed by atoms with Crippen LogP contribution in [0.1, 0.15) is 0 Å². The van der Waals surface area contributed by atoms with Crippen molar-refractivity contribution >= 4 is 23.0 Å². The van der Waals surface area contributed by atoms with Crippen molar-refractivity contribution < 1.29 is 17.9 Å². The molecule has 21 heavy (non-hydrogen) atoms. The zero-order valence-electron chi connectivity index (χ0n) is 10.9. The molecule has 0 aliphatic heterocycles. The predicted octanol–water partition coefficient (Wildman–Crippen LogP) is 2.74. The Morgan fingerprint density at radius 1 is 1.10 bits per heavy atom. The number of nitrogen functional groups attached to an aromatic ring is 1. The molecule has 0 fully saturated rings. The van der Waals surface area contributed by atoms with Crippen LogP contribution in [0.25, 0.3) is 0 Å². The second-order valence-electron chi connectivity index (χ2n) is 3.93. The Morgan fingerprint density at radius 2 is 1.71 bits per heavy atom. The van der Waals surface area contributed by atoms with E-state index in [9.17, 15) is 13.2 Å². The molecule has 0 amide bonds. The maximum absolute atomic E-state index is 12.0. The third kappa shape index (κ3) is 3.88. The number of alkyl halides is 3. The van der Waals surface area contributed by atoms with E-state index in [1.165, 1.54) is 30.6 Å². The first-order valence-electron chi connectivity index (χ1n) is 5.80. The number of rotatable bonds is 4. The molecular formula is C12H12F3N5O. The van der Waals surface area contributed by atoms with Crippen LogP contribution < -0.4 is 21.1 Å². The highest BCUT2D eigenvalue weighted by Gasteiger charge is 2.30. The average molecular weight is 299 g/mol. The number of hydrogen-bond acceptors (Lipinski definition) is 6. The average Bonchev–Trinajstić information content (AvgIpc) is 2.42. The molecule has 0 aliphatic rings. The molecule has 4 N–H and O–H groups in total. The minimum Gasteiger partial charge on any atom is -0.406 e. The van der Waals surface area contributed by atoms with E-state index in [1.54, 1.807) is 7.05 Å². The number of aromatic nitrogens is 2.